The number of rotatable bonds is 20. The number of carbonyl (C=O) groups is 2. The molecule has 84 heavy (non-hydrogen) atoms. The molecule has 2 aliphatic heterocycles. The third kappa shape index (κ3) is 12.2. The van der Waals surface area contributed by atoms with Crippen LogP contribution in [0.1, 0.15) is 114 Å². The van der Waals surface area contributed by atoms with Crippen LogP contribution >= 0.6 is 0 Å². The van der Waals surface area contributed by atoms with E-state index in [9.17, 15) is 23.5 Å². The first-order chi connectivity index (χ1) is 40.7. The van der Waals surface area contributed by atoms with E-state index < -0.39 is 42.3 Å². The number of methoxy groups -OCH3 is 1. The number of likely N-dealkylation sites (tertiary alicyclic amines) is 1. The van der Waals surface area contributed by atoms with Gasteiger partial charge in [-0.05, 0) is 104 Å². The maximum absolute atomic E-state index is 16.1. The lowest BCUT2D eigenvalue weighted by Crippen LogP contribution is -2.50. The number of amides is 2. The van der Waals surface area contributed by atoms with Gasteiger partial charge in [0.1, 0.15) is 48.1 Å². The van der Waals surface area contributed by atoms with Crippen LogP contribution in [-0.2, 0) is 20.9 Å². The van der Waals surface area contributed by atoms with Gasteiger partial charge in [0, 0.05) is 72.4 Å². The molecule has 5 aromatic carbocycles. The second-order valence-corrected chi connectivity index (χ2v) is 22.1. The molecule has 3 aromatic heterocycles. The maximum atomic E-state index is 16.1. The molecule has 8 aromatic rings. The Kier molecular flexibility index (Phi) is 18.3. The summed E-state index contributed by atoms with van der Waals surface area (Å²) >= 11 is 0. The van der Waals surface area contributed by atoms with E-state index in [2.05, 4.69) is 49.0 Å². The molecule has 4 N–H and O–H groups in total. The van der Waals surface area contributed by atoms with Crippen LogP contribution in [0.15, 0.2) is 91.3 Å². The van der Waals surface area contributed by atoms with E-state index in [1.165, 1.54) is 18.2 Å². The van der Waals surface area contributed by atoms with Gasteiger partial charge in [-0.1, -0.05) is 100 Å². The van der Waals surface area contributed by atoms with E-state index in [4.69, 9.17) is 24.2 Å². The monoisotopic (exact) mass is 1150 g/mol. The number of halogens is 3. The largest absolute Gasteiger partial charge is 0.486 e. The number of hydrogen-bond donors (Lipinski definition) is 4. The summed E-state index contributed by atoms with van der Waals surface area (Å²) in [5, 5.41) is 34.9. The average molecular weight is 1150 g/mol. The highest BCUT2D eigenvalue weighted by atomic mass is 19.2. The fourth-order valence-corrected chi connectivity index (χ4v) is 11.4. The molecule has 17 nitrogen and oxygen atoms in total. The van der Waals surface area contributed by atoms with Gasteiger partial charge in [-0.15, -0.1) is 5.10 Å². The van der Waals surface area contributed by atoms with Crippen LogP contribution in [0.3, 0.4) is 0 Å². The highest BCUT2D eigenvalue weighted by Gasteiger charge is 2.40. The van der Waals surface area contributed by atoms with Crippen molar-refractivity contribution in [1.29, 1.82) is 0 Å². The minimum atomic E-state index is -0.963. The summed E-state index contributed by atoms with van der Waals surface area (Å²) in [5.74, 6) is -1.80. The Balaban J connectivity index is 0.00000389. The summed E-state index contributed by atoms with van der Waals surface area (Å²) in [4.78, 5) is 42.6. The molecule has 0 radical (unpaired) electrons. The Bertz CT molecular complexity index is 3630. The summed E-state index contributed by atoms with van der Waals surface area (Å²) in [6, 6.07) is 19.9. The van der Waals surface area contributed by atoms with E-state index in [0.29, 0.717) is 64.1 Å². The number of aromatic nitrogens is 7. The van der Waals surface area contributed by atoms with Gasteiger partial charge in [0.2, 0.25) is 11.8 Å². The van der Waals surface area contributed by atoms with Gasteiger partial charge in [0.15, 0.2) is 17.4 Å². The van der Waals surface area contributed by atoms with E-state index in [-0.39, 0.29) is 60.5 Å². The first kappa shape index (κ1) is 59.2. The number of benzene rings is 5. The number of H-pyrrole nitrogens is 1. The van der Waals surface area contributed by atoms with Gasteiger partial charge in [0.05, 0.1) is 36.7 Å². The van der Waals surface area contributed by atoms with Crippen molar-refractivity contribution >= 4 is 39.4 Å². The number of fused-ring (bicyclic) bond motifs is 2. The number of piperazine rings is 1. The standard InChI is InChI=1S/C62H68F3N11O6.C2H6/c1-7-42-29-74(25-23-66-42)59-45-26-44(39-17-18-39)54(53-36(5)48(64)27-49-46(53)28-67-71-49)58(56(45)69-62(70-59)82-32-35(4)80-6)81-33-37-13-15-40(16-14-37)50-30-76(73-72-50)57(34(2)3)61(79)75-24-9-12-52(75)60(78)68-51(31-77)41-21-19-38(20-22-41)43-10-8-11-47(63)55(43)65;1-2/h8,10-11,13-16,19-22,26-28,30,34-35,39,42,51-52,57,66,77H,7,9,12,17-18,23-25,29,31-33H2,1-6H3,(H,67,71)(H,68,78);1-2H3/t35-,42?,51?,52?,57?;/m0./s1. The molecule has 2 amide bonds. The molecule has 2 saturated heterocycles. The summed E-state index contributed by atoms with van der Waals surface area (Å²) in [6.45, 7) is 16.2. The number of aliphatic hydroxyl groups excluding tert-OH is 1. The van der Waals surface area contributed by atoms with Gasteiger partial charge in [-0.3, -0.25) is 14.7 Å². The second kappa shape index (κ2) is 25.9. The van der Waals surface area contributed by atoms with Crippen molar-refractivity contribution in [3.8, 4) is 45.3 Å². The summed E-state index contributed by atoms with van der Waals surface area (Å²) in [7, 11) is 1.63. The van der Waals surface area contributed by atoms with Gasteiger partial charge in [0.25, 0.3) is 0 Å². The Labute approximate surface area is 487 Å². The van der Waals surface area contributed by atoms with Gasteiger partial charge in [-0.2, -0.15) is 15.1 Å². The molecule has 1 aliphatic carbocycles. The van der Waals surface area contributed by atoms with Gasteiger partial charge < -0.3 is 39.8 Å². The lowest BCUT2D eigenvalue weighted by molar-refractivity contribution is -0.142. The average Bonchev–Trinajstić information content (AvgIpc) is 1.57. The quantitative estimate of drug-likeness (QED) is 0.0563. The highest BCUT2D eigenvalue weighted by Crippen LogP contribution is 2.53. The lowest BCUT2D eigenvalue weighted by Gasteiger charge is -2.35. The Morgan fingerprint density at radius 1 is 0.893 bits per heavy atom. The van der Waals surface area contributed by atoms with E-state index >= 15 is 4.39 Å². The van der Waals surface area contributed by atoms with E-state index in [1.54, 1.807) is 60.3 Å². The molecule has 0 bridgehead atoms. The molecule has 4 unspecified atom stereocenters. The number of ether oxygens (including phenoxy) is 3. The summed E-state index contributed by atoms with van der Waals surface area (Å²) in [6.07, 6.45) is 7.14. The van der Waals surface area contributed by atoms with Crippen molar-refractivity contribution < 1.29 is 42.1 Å². The minimum absolute atomic E-state index is 0.0944. The smallest absolute Gasteiger partial charge is 0.319 e. The molecule has 442 valence electrons. The van der Waals surface area contributed by atoms with Crippen LogP contribution in [-0.4, -0.2) is 122 Å². The Morgan fingerprint density at radius 2 is 1.65 bits per heavy atom. The SMILES string of the molecule is CC.CCC1CN(c2nc(OC[C@H](C)OC)nc3c(OCc4ccc(-c5cn(C(C(=O)N6CCCC6C(=O)NC(CO)c6ccc(-c7cccc(F)c7F)cc6)C(C)C)nn5)cc4)c(-c4c(C)c(F)cc5[nH]ncc45)c(C4CC4)cc23)CCN1. The zero-order chi connectivity index (χ0) is 59.3. The van der Waals surface area contributed by atoms with Crippen molar-refractivity contribution in [2.45, 2.75) is 123 Å². The molecule has 5 atom stereocenters. The van der Waals surface area contributed by atoms with Gasteiger partial charge >= 0.3 is 6.01 Å². The van der Waals surface area contributed by atoms with E-state index in [0.717, 1.165) is 83.8 Å². The second-order valence-electron chi connectivity index (χ2n) is 22.1. The number of aliphatic hydroxyl groups is 1. The lowest BCUT2D eigenvalue weighted by atomic mass is 9.88. The fourth-order valence-electron chi connectivity index (χ4n) is 11.4. The summed E-state index contributed by atoms with van der Waals surface area (Å²) < 4.78 is 65.1. The maximum Gasteiger partial charge on any atom is 0.319 e. The van der Waals surface area contributed by atoms with E-state index in [1.807, 2.05) is 58.9 Å². The number of carbonyl (C=O) groups excluding carboxylic acids is 2. The summed E-state index contributed by atoms with van der Waals surface area (Å²) in [5.41, 5.74) is 7.26. The molecule has 1 saturated carbocycles. The molecular formula is C64H74F3N11O6. The third-order valence-corrected chi connectivity index (χ3v) is 16.3. The van der Waals surface area contributed by atoms with Gasteiger partial charge in [-0.25, -0.2) is 17.9 Å². The Morgan fingerprint density at radius 3 is 2.37 bits per heavy atom. The number of hydrogen-bond acceptors (Lipinski definition) is 13. The topological polar surface area (TPSA) is 198 Å². The number of aromatic amines is 1. The van der Waals surface area contributed by atoms with Crippen LogP contribution in [0.4, 0.5) is 19.0 Å². The molecule has 5 heterocycles. The fraction of sp³-hybridized carbons (Fsp3) is 0.422. The van der Waals surface area contributed by atoms with Crippen LogP contribution in [0.25, 0.3) is 55.3 Å². The molecule has 11 rings (SSSR count). The third-order valence-electron chi connectivity index (χ3n) is 16.3. The Hall–Kier alpha value is -7.94. The number of nitrogens with zero attached hydrogens (tertiary/aromatic N) is 8. The zero-order valence-corrected chi connectivity index (χ0v) is 48.9. The van der Waals surface area contributed by atoms with Crippen molar-refractivity contribution in [1.82, 2.24) is 50.7 Å². The number of anilines is 1. The van der Waals surface area contributed by atoms with Crippen molar-refractivity contribution in [2.24, 2.45) is 5.92 Å². The first-order valence-electron chi connectivity index (χ1n) is 29.3. The molecule has 20 heteroatoms. The van der Waals surface area contributed by atoms with Crippen molar-refractivity contribution in [3.05, 3.63) is 131 Å². The molecular weight excluding hydrogens is 1080 g/mol. The zero-order valence-electron chi connectivity index (χ0n) is 48.9. The molecule has 3 fully saturated rings. The first-order valence-corrected chi connectivity index (χ1v) is 29.3. The van der Waals surface area contributed by atoms with Crippen LogP contribution in [0, 0.1) is 30.3 Å². The van der Waals surface area contributed by atoms with Crippen LogP contribution < -0.4 is 25.0 Å². The van der Waals surface area contributed by atoms with Crippen LogP contribution in [0.5, 0.6) is 11.8 Å². The predicted molar refractivity (Wildman–Crippen MR) is 317 cm³/mol. The highest BCUT2D eigenvalue weighted by molar-refractivity contribution is 6.06. The molecule has 3 aliphatic rings. The number of nitrogens with one attached hydrogen (secondary N) is 3. The normalized spacial score (nSPS) is 17.3. The van der Waals surface area contributed by atoms with Crippen LogP contribution in [0.2, 0.25) is 0 Å². The van der Waals surface area contributed by atoms with Crippen molar-refractivity contribution in [2.75, 3.05) is 51.4 Å². The molecule has 0 spiro atoms. The van der Waals surface area contributed by atoms with Crippen molar-refractivity contribution in [3.63, 3.8) is 0 Å². The predicted octanol–water partition coefficient (Wildman–Crippen LogP) is 10.9. The minimum Gasteiger partial charge on any atom is -0.486 e.